The van der Waals surface area contributed by atoms with Crippen LogP contribution >= 0.6 is 0 Å². The number of rotatable bonds is 18. The van der Waals surface area contributed by atoms with E-state index in [0.717, 1.165) is 82.6 Å². The smallest absolute Gasteiger partial charge is 0.222 e. The van der Waals surface area contributed by atoms with Crippen LogP contribution in [0.1, 0.15) is 56.9 Å². The van der Waals surface area contributed by atoms with Gasteiger partial charge in [0.05, 0.1) is 6.61 Å². The monoisotopic (exact) mass is 618 g/mol. The first-order valence-corrected chi connectivity index (χ1v) is 15.9. The van der Waals surface area contributed by atoms with E-state index in [4.69, 9.17) is 20.9 Å². The summed E-state index contributed by atoms with van der Waals surface area (Å²) in [7, 11) is 0. The predicted octanol–water partition coefficient (Wildman–Crippen LogP) is 4.18. The van der Waals surface area contributed by atoms with Gasteiger partial charge < -0.3 is 30.9 Å². The zero-order valence-corrected chi connectivity index (χ0v) is 26.0. The number of carbonyl (C=O) groups excluding carboxylic acids is 2. The molecule has 242 valence electrons. The number of carbonyl (C=O) groups is 2. The number of nitrogen functional groups attached to an aromatic ring is 1. The van der Waals surface area contributed by atoms with Crippen LogP contribution in [0.3, 0.4) is 0 Å². The Labute approximate surface area is 265 Å². The molecule has 0 radical (unpaired) electrons. The minimum absolute atomic E-state index is 0.112. The van der Waals surface area contributed by atoms with Crippen LogP contribution in [-0.2, 0) is 16.0 Å². The number of nitrogens with two attached hydrogens (primary N) is 2. The molecule has 1 aromatic heterocycles. The first kappa shape index (κ1) is 33.5. The van der Waals surface area contributed by atoms with Gasteiger partial charge in [-0.3, -0.25) is 14.5 Å². The molecule has 1 fully saturated rings. The van der Waals surface area contributed by atoms with Crippen molar-refractivity contribution in [3.63, 3.8) is 0 Å². The number of hydrogen-bond acceptors (Lipinski definition) is 9. The number of amides is 2. The summed E-state index contributed by atoms with van der Waals surface area (Å²) in [5.41, 5.74) is 13.3. The number of anilines is 1. The minimum atomic E-state index is -0.230. The number of ether oxygens (including phenoxy) is 2. The molecule has 2 amide bonds. The highest BCUT2D eigenvalue weighted by Crippen LogP contribution is 2.30. The molecule has 3 aromatic rings. The lowest BCUT2D eigenvalue weighted by Gasteiger charge is -2.34. The molecule has 45 heavy (non-hydrogen) atoms. The van der Waals surface area contributed by atoms with Gasteiger partial charge >= 0.3 is 0 Å². The van der Waals surface area contributed by atoms with Crippen molar-refractivity contribution < 1.29 is 24.2 Å². The SMILES string of the molecule is NC(=O)CCCCCCCCC(=O)N1CCN(CCOc2cccc(CCOc3cc(-c4ccccc4O)nnc3N)c2)CC1. The van der Waals surface area contributed by atoms with Gasteiger partial charge in [0.2, 0.25) is 11.8 Å². The number of aromatic hydroxyl groups is 1. The summed E-state index contributed by atoms with van der Waals surface area (Å²) in [6.45, 7) is 4.98. The van der Waals surface area contributed by atoms with E-state index < -0.39 is 0 Å². The Kier molecular flexibility index (Phi) is 13.3. The third kappa shape index (κ3) is 11.2. The van der Waals surface area contributed by atoms with Crippen LogP contribution in [-0.4, -0.2) is 82.9 Å². The summed E-state index contributed by atoms with van der Waals surface area (Å²) in [6.07, 6.45) is 7.76. The van der Waals surface area contributed by atoms with Crippen molar-refractivity contribution in [2.24, 2.45) is 5.73 Å². The lowest BCUT2D eigenvalue weighted by molar-refractivity contribution is -0.133. The number of para-hydroxylation sites is 1. The van der Waals surface area contributed by atoms with Crippen molar-refractivity contribution in [3.05, 3.63) is 60.2 Å². The zero-order chi connectivity index (χ0) is 31.9. The number of aromatic nitrogens is 2. The Hall–Kier alpha value is -4.38. The first-order chi connectivity index (χ1) is 21.9. The van der Waals surface area contributed by atoms with Crippen LogP contribution in [0.4, 0.5) is 5.82 Å². The maximum Gasteiger partial charge on any atom is 0.222 e. The Bertz CT molecular complexity index is 1380. The average Bonchev–Trinajstić information content (AvgIpc) is 3.04. The van der Waals surface area contributed by atoms with Gasteiger partial charge in [0.25, 0.3) is 0 Å². The number of hydrogen-bond donors (Lipinski definition) is 3. The molecule has 2 aromatic carbocycles. The molecule has 0 unspecified atom stereocenters. The number of primary amides is 1. The minimum Gasteiger partial charge on any atom is -0.507 e. The summed E-state index contributed by atoms with van der Waals surface area (Å²) < 4.78 is 12.0. The molecule has 0 atom stereocenters. The summed E-state index contributed by atoms with van der Waals surface area (Å²) >= 11 is 0. The molecule has 1 saturated heterocycles. The van der Waals surface area contributed by atoms with Gasteiger partial charge in [-0.1, -0.05) is 49.9 Å². The molecule has 0 spiro atoms. The Morgan fingerprint density at radius 2 is 1.56 bits per heavy atom. The van der Waals surface area contributed by atoms with E-state index in [1.807, 2.05) is 35.2 Å². The van der Waals surface area contributed by atoms with Crippen molar-refractivity contribution in [3.8, 4) is 28.5 Å². The van der Waals surface area contributed by atoms with Crippen molar-refractivity contribution >= 4 is 17.6 Å². The van der Waals surface area contributed by atoms with Crippen molar-refractivity contribution in [2.45, 2.75) is 57.8 Å². The fourth-order valence-electron chi connectivity index (χ4n) is 5.35. The van der Waals surface area contributed by atoms with Gasteiger partial charge in [0.1, 0.15) is 23.8 Å². The fraction of sp³-hybridized carbons (Fsp3) is 0.471. The molecule has 11 nitrogen and oxygen atoms in total. The zero-order valence-electron chi connectivity index (χ0n) is 26.0. The standard InChI is InChI=1S/C34H46N6O5/c35-32(42)14-5-3-1-2-4-6-15-33(43)40-19-17-39(18-20-40)21-23-44-27-11-9-10-26(24-27)16-22-45-31-25-29(37-38-34(31)36)28-12-7-8-13-30(28)41/h7-13,24-25,41H,1-6,14-23H2,(H2,35,42)(H2,36,38). The topological polar surface area (TPSA) is 157 Å². The van der Waals surface area contributed by atoms with E-state index in [2.05, 4.69) is 15.1 Å². The van der Waals surface area contributed by atoms with Crippen LogP contribution < -0.4 is 20.9 Å². The second-order valence-corrected chi connectivity index (χ2v) is 11.4. The van der Waals surface area contributed by atoms with Gasteiger partial charge in [-0.2, -0.15) is 0 Å². The van der Waals surface area contributed by atoms with E-state index in [1.165, 1.54) is 0 Å². The molecule has 2 heterocycles. The molecule has 0 saturated carbocycles. The maximum atomic E-state index is 12.6. The fourth-order valence-corrected chi connectivity index (χ4v) is 5.35. The van der Waals surface area contributed by atoms with Crippen LogP contribution in [0.15, 0.2) is 54.6 Å². The van der Waals surface area contributed by atoms with Crippen LogP contribution in [0.5, 0.6) is 17.2 Å². The average molecular weight is 619 g/mol. The van der Waals surface area contributed by atoms with Gasteiger partial charge in [-0.25, -0.2) is 0 Å². The lowest BCUT2D eigenvalue weighted by atomic mass is 10.1. The van der Waals surface area contributed by atoms with Crippen LogP contribution in [0.2, 0.25) is 0 Å². The molecular weight excluding hydrogens is 572 g/mol. The number of piperazine rings is 1. The van der Waals surface area contributed by atoms with E-state index in [0.29, 0.717) is 49.5 Å². The third-order valence-electron chi connectivity index (χ3n) is 7.98. The van der Waals surface area contributed by atoms with Crippen molar-refractivity contribution in [1.82, 2.24) is 20.0 Å². The van der Waals surface area contributed by atoms with Gasteiger partial charge in [0, 0.05) is 63.6 Å². The molecular formula is C34H46N6O5. The van der Waals surface area contributed by atoms with Crippen molar-refractivity contribution in [2.75, 3.05) is 51.7 Å². The lowest BCUT2D eigenvalue weighted by Crippen LogP contribution is -2.49. The summed E-state index contributed by atoms with van der Waals surface area (Å²) in [4.78, 5) is 27.7. The van der Waals surface area contributed by atoms with E-state index in [-0.39, 0.29) is 23.4 Å². The molecule has 1 aliphatic rings. The molecule has 0 aliphatic carbocycles. The molecule has 0 bridgehead atoms. The van der Waals surface area contributed by atoms with Crippen LogP contribution in [0, 0.1) is 0 Å². The number of unbranched alkanes of at least 4 members (excludes halogenated alkanes) is 5. The second-order valence-electron chi connectivity index (χ2n) is 11.4. The number of benzene rings is 2. The highest BCUT2D eigenvalue weighted by atomic mass is 16.5. The normalized spacial score (nSPS) is 13.5. The molecule has 4 rings (SSSR count). The molecule has 11 heteroatoms. The Morgan fingerprint density at radius 1 is 0.822 bits per heavy atom. The largest absolute Gasteiger partial charge is 0.507 e. The Morgan fingerprint density at radius 3 is 2.31 bits per heavy atom. The highest BCUT2D eigenvalue weighted by Gasteiger charge is 2.20. The summed E-state index contributed by atoms with van der Waals surface area (Å²) in [6, 6.07) is 16.6. The highest BCUT2D eigenvalue weighted by molar-refractivity contribution is 5.76. The third-order valence-corrected chi connectivity index (χ3v) is 7.98. The Balaban J connectivity index is 1.10. The maximum absolute atomic E-state index is 12.6. The molecule has 5 N–H and O–H groups in total. The quantitative estimate of drug-likeness (QED) is 0.178. The van der Waals surface area contributed by atoms with Crippen LogP contribution in [0.25, 0.3) is 11.3 Å². The molecule has 1 aliphatic heterocycles. The second kappa shape index (κ2) is 17.8. The summed E-state index contributed by atoms with van der Waals surface area (Å²) in [5.74, 6) is 1.55. The van der Waals surface area contributed by atoms with E-state index in [9.17, 15) is 14.7 Å². The number of phenols is 1. The number of nitrogens with zero attached hydrogens (tertiary/aromatic N) is 4. The van der Waals surface area contributed by atoms with Crippen molar-refractivity contribution in [1.29, 1.82) is 0 Å². The van der Waals surface area contributed by atoms with Gasteiger partial charge in [0.15, 0.2) is 11.6 Å². The van der Waals surface area contributed by atoms with Gasteiger partial charge in [-0.05, 0) is 42.7 Å². The predicted molar refractivity (Wildman–Crippen MR) is 174 cm³/mol. The summed E-state index contributed by atoms with van der Waals surface area (Å²) in [5, 5.41) is 18.2. The first-order valence-electron chi connectivity index (χ1n) is 15.9. The number of phenolic OH excluding ortho intramolecular Hbond substituents is 1. The van der Waals surface area contributed by atoms with E-state index >= 15 is 0 Å². The van der Waals surface area contributed by atoms with E-state index in [1.54, 1.807) is 24.3 Å². The van der Waals surface area contributed by atoms with Gasteiger partial charge in [-0.15, -0.1) is 10.2 Å².